The Morgan fingerprint density at radius 3 is 2.06 bits per heavy atom. The quantitative estimate of drug-likeness (QED) is 0.524. The zero-order chi connectivity index (χ0) is 11.8. The van der Waals surface area contributed by atoms with Crippen LogP contribution in [0.25, 0.3) is 0 Å². The molecule has 92 valence electrons. The largest absolute Gasteiger partial charge is 0.457 e. The van der Waals surface area contributed by atoms with Gasteiger partial charge in [-0.2, -0.15) is 0 Å². The molecule has 2 fully saturated rings. The molecule has 1 heterocycles. The molecule has 1 saturated carbocycles. The third kappa shape index (κ3) is 2.81. The maximum absolute atomic E-state index is 5.96. The summed E-state index contributed by atoms with van der Waals surface area (Å²) in [6.07, 6.45) is 7.99. The summed E-state index contributed by atoms with van der Waals surface area (Å²) >= 11 is 0. The van der Waals surface area contributed by atoms with Crippen molar-refractivity contribution >= 4 is 7.12 Å². The van der Waals surface area contributed by atoms with E-state index >= 15 is 0 Å². The van der Waals surface area contributed by atoms with Gasteiger partial charge >= 0.3 is 7.12 Å². The first-order chi connectivity index (χ1) is 7.41. The maximum Gasteiger partial charge on any atom is 0.457 e. The van der Waals surface area contributed by atoms with Crippen LogP contribution in [-0.4, -0.2) is 18.3 Å². The Morgan fingerprint density at radius 2 is 1.56 bits per heavy atom. The lowest BCUT2D eigenvalue weighted by molar-refractivity contribution is 0.00578. The topological polar surface area (TPSA) is 18.5 Å². The zero-order valence-electron chi connectivity index (χ0n) is 11.2. The molecular formula is C13H25BO2. The third-order valence-corrected chi connectivity index (χ3v) is 4.30. The van der Waals surface area contributed by atoms with Crippen LogP contribution in [0.3, 0.4) is 0 Å². The molecule has 2 aliphatic rings. The van der Waals surface area contributed by atoms with Gasteiger partial charge in [-0.05, 0) is 39.9 Å². The van der Waals surface area contributed by atoms with Crippen LogP contribution in [0.1, 0.15) is 59.8 Å². The SMILES string of the molecule is CC1(C)OB(CCCCC2CC2)OC1(C)C. The Balaban J connectivity index is 1.67. The number of unbranched alkanes of at least 4 members (excludes halogenated alkanes) is 1. The second-order valence-electron chi connectivity index (χ2n) is 6.41. The van der Waals surface area contributed by atoms with Crippen molar-refractivity contribution in [2.24, 2.45) is 5.92 Å². The third-order valence-electron chi connectivity index (χ3n) is 4.30. The number of hydrogen-bond donors (Lipinski definition) is 0. The molecule has 2 nitrogen and oxygen atoms in total. The van der Waals surface area contributed by atoms with Gasteiger partial charge in [0.25, 0.3) is 0 Å². The van der Waals surface area contributed by atoms with Crippen LogP contribution >= 0.6 is 0 Å². The molecule has 0 amide bonds. The summed E-state index contributed by atoms with van der Waals surface area (Å²) in [6.45, 7) is 8.49. The van der Waals surface area contributed by atoms with Crippen LogP contribution in [0.4, 0.5) is 0 Å². The predicted octanol–water partition coefficient (Wildman–Crippen LogP) is 3.66. The van der Waals surface area contributed by atoms with Crippen LogP contribution in [0, 0.1) is 5.92 Å². The molecule has 0 atom stereocenters. The van der Waals surface area contributed by atoms with Crippen LogP contribution < -0.4 is 0 Å². The lowest BCUT2D eigenvalue weighted by atomic mass is 9.82. The summed E-state index contributed by atoms with van der Waals surface area (Å²) in [5.74, 6) is 1.05. The van der Waals surface area contributed by atoms with Crippen molar-refractivity contribution < 1.29 is 9.31 Å². The molecule has 1 saturated heterocycles. The van der Waals surface area contributed by atoms with Gasteiger partial charge < -0.3 is 9.31 Å². The van der Waals surface area contributed by atoms with Gasteiger partial charge in [0.15, 0.2) is 0 Å². The maximum atomic E-state index is 5.96. The Kier molecular flexibility index (Phi) is 3.38. The summed E-state index contributed by atoms with van der Waals surface area (Å²) in [4.78, 5) is 0. The highest BCUT2D eigenvalue weighted by Gasteiger charge is 2.50. The van der Waals surface area contributed by atoms with Gasteiger partial charge in [0.2, 0.25) is 0 Å². The molecule has 0 N–H and O–H groups in total. The average molecular weight is 224 g/mol. The summed E-state index contributed by atoms with van der Waals surface area (Å²) in [6, 6.07) is 0. The average Bonchev–Trinajstić information content (AvgIpc) is 2.90. The molecule has 1 aliphatic carbocycles. The van der Waals surface area contributed by atoms with Gasteiger partial charge in [0, 0.05) is 0 Å². The van der Waals surface area contributed by atoms with E-state index in [1.807, 2.05) is 0 Å². The Morgan fingerprint density at radius 1 is 1.00 bits per heavy atom. The number of rotatable bonds is 5. The lowest BCUT2D eigenvalue weighted by Crippen LogP contribution is -2.41. The molecule has 0 aromatic rings. The van der Waals surface area contributed by atoms with Crippen LogP contribution in [0.15, 0.2) is 0 Å². The second kappa shape index (κ2) is 4.34. The van der Waals surface area contributed by atoms with Gasteiger partial charge in [-0.1, -0.05) is 32.1 Å². The second-order valence-corrected chi connectivity index (χ2v) is 6.41. The Labute approximate surface area is 100 Å². The smallest absolute Gasteiger partial charge is 0.403 e. The minimum absolute atomic E-state index is 0.0178. The van der Waals surface area contributed by atoms with E-state index in [0.717, 1.165) is 12.2 Å². The first-order valence-corrected chi connectivity index (χ1v) is 6.76. The molecule has 0 bridgehead atoms. The molecular weight excluding hydrogens is 199 g/mol. The molecule has 3 heteroatoms. The fraction of sp³-hybridized carbons (Fsp3) is 1.00. The van der Waals surface area contributed by atoms with Crippen molar-refractivity contribution in [1.82, 2.24) is 0 Å². The highest BCUT2D eigenvalue weighted by atomic mass is 16.7. The van der Waals surface area contributed by atoms with E-state index in [-0.39, 0.29) is 18.3 Å². The molecule has 0 unspecified atom stereocenters. The van der Waals surface area contributed by atoms with E-state index in [0.29, 0.717) is 0 Å². The Bertz CT molecular complexity index is 230. The first-order valence-electron chi connectivity index (χ1n) is 6.76. The summed E-state index contributed by atoms with van der Waals surface area (Å²) in [5.41, 5.74) is -0.317. The minimum atomic E-state index is -0.159. The van der Waals surface area contributed by atoms with E-state index < -0.39 is 0 Å². The fourth-order valence-electron chi connectivity index (χ4n) is 2.23. The standard InChI is InChI=1S/C13H25BO2/c1-12(2)13(3,4)16-14(15-12)10-6-5-7-11-8-9-11/h11H,5-10H2,1-4H3. The van der Waals surface area contributed by atoms with Crippen molar-refractivity contribution in [2.75, 3.05) is 0 Å². The molecule has 0 radical (unpaired) electrons. The Hall–Kier alpha value is -0.0151. The van der Waals surface area contributed by atoms with Crippen LogP contribution in [-0.2, 0) is 9.31 Å². The summed E-state index contributed by atoms with van der Waals surface area (Å²) < 4.78 is 11.9. The zero-order valence-corrected chi connectivity index (χ0v) is 11.2. The normalized spacial score (nSPS) is 27.4. The van der Waals surface area contributed by atoms with Crippen molar-refractivity contribution in [3.63, 3.8) is 0 Å². The van der Waals surface area contributed by atoms with E-state index in [1.165, 1.54) is 32.1 Å². The summed E-state index contributed by atoms with van der Waals surface area (Å²) in [7, 11) is 0.0178. The highest BCUT2D eigenvalue weighted by Crippen LogP contribution is 2.39. The number of hydrogen-bond acceptors (Lipinski definition) is 2. The van der Waals surface area contributed by atoms with E-state index in [4.69, 9.17) is 9.31 Å². The van der Waals surface area contributed by atoms with E-state index in [1.54, 1.807) is 0 Å². The van der Waals surface area contributed by atoms with Crippen molar-refractivity contribution in [2.45, 2.75) is 77.3 Å². The molecule has 1 aliphatic heterocycles. The predicted molar refractivity (Wildman–Crippen MR) is 67.5 cm³/mol. The molecule has 0 aromatic carbocycles. The highest BCUT2D eigenvalue weighted by molar-refractivity contribution is 6.45. The molecule has 0 spiro atoms. The van der Waals surface area contributed by atoms with Crippen molar-refractivity contribution in [1.29, 1.82) is 0 Å². The van der Waals surface area contributed by atoms with Gasteiger partial charge in [-0.3, -0.25) is 0 Å². The van der Waals surface area contributed by atoms with Crippen LogP contribution in [0.5, 0.6) is 0 Å². The first kappa shape index (κ1) is 12.4. The van der Waals surface area contributed by atoms with Crippen LogP contribution in [0.2, 0.25) is 6.32 Å². The van der Waals surface area contributed by atoms with E-state index in [9.17, 15) is 0 Å². The fourth-order valence-corrected chi connectivity index (χ4v) is 2.23. The summed E-state index contributed by atoms with van der Waals surface area (Å²) in [5, 5.41) is 0. The van der Waals surface area contributed by atoms with Gasteiger partial charge in [-0.15, -0.1) is 0 Å². The van der Waals surface area contributed by atoms with E-state index in [2.05, 4.69) is 27.7 Å². The molecule has 0 aromatic heterocycles. The monoisotopic (exact) mass is 224 g/mol. The lowest BCUT2D eigenvalue weighted by Gasteiger charge is -2.32. The molecule has 2 rings (SSSR count). The van der Waals surface area contributed by atoms with Gasteiger partial charge in [0.1, 0.15) is 0 Å². The van der Waals surface area contributed by atoms with Crippen molar-refractivity contribution in [3.8, 4) is 0 Å². The van der Waals surface area contributed by atoms with Gasteiger partial charge in [0.05, 0.1) is 11.2 Å². The van der Waals surface area contributed by atoms with Gasteiger partial charge in [-0.25, -0.2) is 0 Å². The van der Waals surface area contributed by atoms with Crippen molar-refractivity contribution in [3.05, 3.63) is 0 Å². The molecule has 16 heavy (non-hydrogen) atoms. The minimum Gasteiger partial charge on any atom is -0.403 e.